The van der Waals surface area contributed by atoms with Gasteiger partial charge >= 0.3 is 5.69 Å². The molecule has 0 bridgehead atoms. The minimum Gasteiger partial charge on any atom is -0.353 e. The smallest absolute Gasteiger partial charge is 0.305 e. The summed E-state index contributed by atoms with van der Waals surface area (Å²) in [7, 11) is 0. The van der Waals surface area contributed by atoms with Crippen molar-refractivity contribution in [3.8, 4) is 0 Å². The largest absolute Gasteiger partial charge is 0.353 e. The van der Waals surface area contributed by atoms with Crippen LogP contribution in [0.25, 0.3) is 0 Å². The van der Waals surface area contributed by atoms with Crippen molar-refractivity contribution in [2.24, 2.45) is 0 Å². The van der Waals surface area contributed by atoms with E-state index in [0.717, 1.165) is 5.75 Å². The van der Waals surface area contributed by atoms with E-state index in [1.165, 1.54) is 17.3 Å². The highest BCUT2D eigenvalue weighted by Gasteiger charge is 2.05. The summed E-state index contributed by atoms with van der Waals surface area (Å²) in [4.78, 5) is 18.9. The maximum absolute atomic E-state index is 10.4. The average Bonchev–Trinajstić information content (AvgIpc) is 2.45. The Morgan fingerprint density at radius 3 is 2.53 bits per heavy atom. The Balaban J connectivity index is 1.75. The van der Waals surface area contributed by atoms with Gasteiger partial charge in [0.2, 0.25) is 5.95 Å². The van der Waals surface area contributed by atoms with E-state index in [1.807, 2.05) is 30.3 Å². The van der Waals surface area contributed by atoms with Gasteiger partial charge in [-0.3, -0.25) is 10.1 Å². The minimum absolute atomic E-state index is 0.107. The number of anilines is 1. The molecule has 0 aliphatic carbocycles. The highest BCUT2D eigenvalue weighted by Crippen LogP contribution is 2.16. The molecule has 0 saturated carbocycles. The Morgan fingerprint density at radius 2 is 1.89 bits per heavy atom. The molecular formula is C12H12N4O2S. The summed E-state index contributed by atoms with van der Waals surface area (Å²) in [6, 6.07) is 10.1. The van der Waals surface area contributed by atoms with Crippen molar-refractivity contribution in [2.45, 2.75) is 4.90 Å². The fourth-order valence-electron chi connectivity index (χ4n) is 1.36. The van der Waals surface area contributed by atoms with Crippen molar-refractivity contribution in [3.63, 3.8) is 0 Å². The zero-order valence-electron chi connectivity index (χ0n) is 10.0. The van der Waals surface area contributed by atoms with Crippen LogP contribution in [0.3, 0.4) is 0 Å². The SMILES string of the molecule is O=[N+]([O-])c1cnc(NCCSc2ccccc2)nc1. The average molecular weight is 276 g/mol. The molecule has 0 aliphatic rings. The first-order valence-corrected chi connectivity index (χ1v) is 6.62. The first-order valence-electron chi connectivity index (χ1n) is 5.64. The van der Waals surface area contributed by atoms with Gasteiger partial charge < -0.3 is 5.32 Å². The third-order valence-electron chi connectivity index (χ3n) is 2.25. The van der Waals surface area contributed by atoms with Gasteiger partial charge in [0.25, 0.3) is 0 Å². The van der Waals surface area contributed by atoms with Gasteiger partial charge in [-0.2, -0.15) is 0 Å². The van der Waals surface area contributed by atoms with Gasteiger partial charge in [-0.15, -0.1) is 11.8 Å². The van der Waals surface area contributed by atoms with Crippen molar-refractivity contribution in [1.82, 2.24) is 9.97 Å². The molecular weight excluding hydrogens is 264 g/mol. The molecule has 0 saturated heterocycles. The van der Waals surface area contributed by atoms with E-state index < -0.39 is 4.92 Å². The Kier molecular flexibility index (Phi) is 4.68. The maximum Gasteiger partial charge on any atom is 0.305 e. The van der Waals surface area contributed by atoms with E-state index in [2.05, 4.69) is 15.3 Å². The van der Waals surface area contributed by atoms with E-state index in [9.17, 15) is 10.1 Å². The highest BCUT2D eigenvalue weighted by atomic mass is 32.2. The summed E-state index contributed by atoms with van der Waals surface area (Å²) in [5.41, 5.74) is -0.107. The fraction of sp³-hybridized carbons (Fsp3) is 0.167. The molecule has 19 heavy (non-hydrogen) atoms. The summed E-state index contributed by atoms with van der Waals surface area (Å²) in [6.45, 7) is 0.692. The molecule has 0 amide bonds. The summed E-state index contributed by atoms with van der Waals surface area (Å²) in [5.74, 6) is 1.27. The summed E-state index contributed by atoms with van der Waals surface area (Å²) < 4.78 is 0. The predicted molar refractivity (Wildman–Crippen MR) is 74.3 cm³/mol. The number of hydrogen-bond acceptors (Lipinski definition) is 6. The van der Waals surface area contributed by atoms with Crippen LogP contribution in [-0.4, -0.2) is 27.2 Å². The molecule has 6 nitrogen and oxygen atoms in total. The number of thioether (sulfide) groups is 1. The van der Waals surface area contributed by atoms with Crippen LogP contribution in [0, 0.1) is 10.1 Å². The summed E-state index contributed by atoms with van der Waals surface area (Å²) >= 11 is 1.72. The number of nitrogens with zero attached hydrogens (tertiary/aromatic N) is 3. The second kappa shape index (κ2) is 6.69. The van der Waals surface area contributed by atoms with E-state index in [0.29, 0.717) is 12.5 Å². The standard InChI is InChI=1S/C12H12N4O2S/c17-16(18)10-8-14-12(15-9-10)13-6-7-19-11-4-2-1-3-5-11/h1-5,8-9H,6-7H2,(H,13,14,15). The third kappa shape index (κ3) is 4.22. The van der Waals surface area contributed by atoms with Crippen LogP contribution >= 0.6 is 11.8 Å². The molecule has 1 heterocycles. The Morgan fingerprint density at radius 1 is 1.21 bits per heavy atom. The molecule has 0 spiro atoms. The summed E-state index contributed by atoms with van der Waals surface area (Å²) in [5, 5.41) is 13.4. The molecule has 0 fully saturated rings. The van der Waals surface area contributed by atoms with Crippen molar-refractivity contribution in [1.29, 1.82) is 0 Å². The molecule has 1 aromatic carbocycles. The van der Waals surface area contributed by atoms with E-state index in [4.69, 9.17) is 0 Å². The zero-order chi connectivity index (χ0) is 13.5. The topological polar surface area (TPSA) is 81.0 Å². The predicted octanol–water partition coefficient (Wildman–Crippen LogP) is 2.59. The van der Waals surface area contributed by atoms with Crippen molar-refractivity contribution in [3.05, 3.63) is 52.8 Å². The molecule has 1 N–H and O–H groups in total. The Bertz CT molecular complexity index is 533. The number of aromatic nitrogens is 2. The van der Waals surface area contributed by atoms with Crippen LogP contribution in [0.15, 0.2) is 47.6 Å². The normalized spacial score (nSPS) is 10.1. The van der Waals surface area contributed by atoms with Gasteiger partial charge in [-0.1, -0.05) is 18.2 Å². The van der Waals surface area contributed by atoms with Gasteiger partial charge in [0.15, 0.2) is 0 Å². The number of nitrogens with one attached hydrogen (secondary N) is 1. The first-order chi connectivity index (χ1) is 9.25. The lowest BCUT2D eigenvalue weighted by atomic mass is 10.4. The van der Waals surface area contributed by atoms with Crippen LogP contribution < -0.4 is 5.32 Å². The molecule has 2 aromatic rings. The quantitative estimate of drug-likeness (QED) is 0.378. The molecule has 1 aromatic heterocycles. The van der Waals surface area contributed by atoms with Gasteiger partial charge in [0.1, 0.15) is 12.4 Å². The van der Waals surface area contributed by atoms with Crippen LogP contribution in [0.4, 0.5) is 11.6 Å². The molecule has 2 rings (SSSR count). The van der Waals surface area contributed by atoms with Crippen molar-refractivity contribution < 1.29 is 4.92 Å². The highest BCUT2D eigenvalue weighted by molar-refractivity contribution is 7.99. The lowest BCUT2D eigenvalue weighted by Gasteiger charge is -2.04. The number of nitro groups is 1. The number of hydrogen-bond donors (Lipinski definition) is 1. The van der Waals surface area contributed by atoms with Crippen molar-refractivity contribution in [2.75, 3.05) is 17.6 Å². The summed E-state index contributed by atoms with van der Waals surface area (Å²) in [6.07, 6.45) is 2.39. The second-order valence-corrected chi connectivity index (χ2v) is 4.78. The second-order valence-electron chi connectivity index (χ2n) is 3.61. The van der Waals surface area contributed by atoms with E-state index in [-0.39, 0.29) is 5.69 Å². The van der Waals surface area contributed by atoms with Crippen molar-refractivity contribution >= 4 is 23.4 Å². The molecule has 0 radical (unpaired) electrons. The zero-order valence-corrected chi connectivity index (χ0v) is 10.8. The Hall–Kier alpha value is -2.15. The molecule has 0 unspecified atom stereocenters. The Labute approximate surface area is 114 Å². The number of benzene rings is 1. The first kappa shape index (κ1) is 13.3. The molecule has 98 valence electrons. The lowest BCUT2D eigenvalue weighted by molar-refractivity contribution is -0.385. The van der Waals surface area contributed by atoms with Gasteiger partial charge in [-0.25, -0.2) is 9.97 Å². The lowest BCUT2D eigenvalue weighted by Crippen LogP contribution is -2.07. The fourth-order valence-corrected chi connectivity index (χ4v) is 2.14. The van der Waals surface area contributed by atoms with Gasteiger partial charge in [0, 0.05) is 17.2 Å². The monoisotopic (exact) mass is 276 g/mol. The van der Waals surface area contributed by atoms with Gasteiger partial charge in [-0.05, 0) is 12.1 Å². The number of rotatable bonds is 6. The van der Waals surface area contributed by atoms with Crippen LogP contribution in [0.2, 0.25) is 0 Å². The minimum atomic E-state index is -0.519. The van der Waals surface area contributed by atoms with Crippen LogP contribution in [0.1, 0.15) is 0 Å². The molecule has 0 atom stereocenters. The third-order valence-corrected chi connectivity index (χ3v) is 3.26. The van der Waals surface area contributed by atoms with E-state index >= 15 is 0 Å². The maximum atomic E-state index is 10.4. The molecule has 0 aliphatic heterocycles. The van der Waals surface area contributed by atoms with Gasteiger partial charge in [0.05, 0.1) is 4.92 Å². The van der Waals surface area contributed by atoms with E-state index in [1.54, 1.807) is 11.8 Å². The van der Waals surface area contributed by atoms with Crippen LogP contribution in [0.5, 0.6) is 0 Å². The molecule has 7 heteroatoms. The van der Waals surface area contributed by atoms with Crippen LogP contribution in [-0.2, 0) is 0 Å².